The van der Waals surface area contributed by atoms with E-state index in [4.69, 9.17) is 0 Å². The van der Waals surface area contributed by atoms with Gasteiger partial charge >= 0.3 is 6.61 Å². The highest BCUT2D eigenvalue weighted by Crippen LogP contribution is 2.25. The lowest BCUT2D eigenvalue weighted by atomic mass is 9.97. The Balaban J connectivity index is 1.72. The van der Waals surface area contributed by atoms with Gasteiger partial charge in [0.1, 0.15) is 5.75 Å². The van der Waals surface area contributed by atoms with E-state index in [9.17, 15) is 13.6 Å². The summed E-state index contributed by atoms with van der Waals surface area (Å²) in [6.45, 7) is -0.626. The number of rotatable bonds is 9. The smallest absolute Gasteiger partial charge is 0.387 e. The van der Waals surface area contributed by atoms with Crippen molar-refractivity contribution in [2.45, 2.75) is 32.2 Å². The van der Waals surface area contributed by atoms with E-state index >= 15 is 0 Å². The minimum Gasteiger partial charge on any atom is -0.435 e. The third-order valence-electron chi connectivity index (χ3n) is 4.69. The van der Waals surface area contributed by atoms with Gasteiger partial charge in [-0.25, -0.2) is 0 Å². The summed E-state index contributed by atoms with van der Waals surface area (Å²) in [6.07, 6.45) is 0. The fourth-order valence-electron chi connectivity index (χ4n) is 3.14. The predicted octanol–water partition coefficient (Wildman–Crippen LogP) is 4.67. The van der Waals surface area contributed by atoms with Crippen LogP contribution < -0.4 is 15.4 Å². The van der Waals surface area contributed by atoms with Gasteiger partial charge in [-0.2, -0.15) is 8.78 Å². The highest BCUT2D eigenvalue weighted by Gasteiger charge is 2.21. The number of hydrogen-bond acceptors (Lipinski definition) is 3. The fraction of sp³-hybridized carbons (Fsp3) is 0.208. The van der Waals surface area contributed by atoms with Crippen LogP contribution in [0.25, 0.3) is 0 Å². The van der Waals surface area contributed by atoms with Crippen LogP contribution in [-0.2, 0) is 11.3 Å². The normalized spacial score (nSPS) is 12.9. The van der Waals surface area contributed by atoms with Gasteiger partial charge in [0.05, 0.1) is 12.1 Å². The van der Waals surface area contributed by atoms with Crippen LogP contribution in [0.1, 0.15) is 29.7 Å². The molecule has 0 unspecified atom stereocenters. The van der Waals surface area contributed by atoms with Gasteiger partial charge in [-0.05, 0) is 35.7 Å². The maximum atomic E-state index is 12.6. The number of carbonyl (C=O) groups is 1. The molecule has 156 valence electrons. The van der Waals surface area contributed by atoms with Crippen molar-refractivity contribution in [1.29, 1.82) is 0 Å². The second-order valence-electron chi connectivity index (χ2n) is 6.88. The molecule has 2 N–H and O–H groups in total. The predicted molar refractivity (Wildman–Crippen MR) is 112 cm³/mol. The first kappa shape index (κ1) is 21.5. The molecule has 30 heavy (non-hydrogen) atoms. The number of halogens is 2. The summed E-state index contributed by atoms with van der Waals surface area (Å²) in [7, 11) is 0. The summed E-state index contributed by atoms with van der Waals surface area (Å²) < 4.78 is 29.3. The Morgan fingerprint density at radius 2 is 1.43 bits per heavy atom. The van der Waals surface area contributed by atoms with E-state index in [0.29, 0.717) is 6.54 Å². The van der Waals surface area contributed by atoms with Crippen LogP contribution in [0.3, 0.4) is 0 Å². The van der Waals surface area contributed by atoms with Crippen LogP contribution in [0.5, 0.6) is 5.75 Å². The second-order valence-corrected chi connectivity index (χ2v) is 6.88. The molecule has 0 aromatic heterocycles. The molecular weight excluding hydrogens is 386 g/mol. The van der Waals surface area contributed by atoms with E-state index in [-0.39, 0.29) is 17.7 Å². The highest BCUT2D eigenvalue weighted by atomic mass is 19.3. The van der Waals surface area contributed by atoms with Gasteiger partial charge in [0, 0.05) is 6.54 Å². The van der Waals surface area contributed by atoms with Crippen LogP contribution in [-0.4, -0.2) is 18.6 Å². The van der Waals surface area contributed by atoms with Gasteiger partial charge < -0.3 is 10.1 Å². The van der Waals surface area contributed by atoms with Crippen molar-refractivity contribution in [1.82, 2.24) is 10.6 Å². The molecule has 0 fully saturated rings. The first-order valence-electron chi connectivity index (χ1n) is 9.70. The lowest BCUT2D eigenvalue weighted by Crippen LogP contribution is -2.43. The van der Waals surface area contributed by atoms with E-state index in [1.165, 1.54) is 12.1 Å². The molecule has 2 atom stereocenters. The second kappa shape index (κ2) is 10.5. The van der Waals surface area contributed by atoms with Gasteiger partial charge in [-0.1, -0.05) is 72.8 Å². The monoisotopic (exact) mass is 410 g/mol. The molecule has 0 spiro atoms. The summed E-state index contributed by atoms with van der Waals surface area (Å²) in [6, 6.07) is 25.0. The number of benzene rings is 3. The molecular formula is C24H24F2N2O2. The molecule has 4 nitrogen and oxygen atoms in total. The first-order chi connectivity index (χ1) is 14.5. The maximum absolute atomic E-state index is 12.6. The molecule has 0 aliphatic carbocycles. The minimum absolute atomic E-state index is 0.0919. The number of hydrogen-bond donors (Lipinski definition) is 2. The molecule has 0 radical (unpaired) electrons. The molecule has 6 heteroatoms. The summed E-state index contributed by atoms with van der Waals surface area (Å²) in [5.74, 6) is -0.0355. The van der Waals surface area contributed by atoms with Crippen LogP contribution in [0.4, 0.5) is 8.78 Å². The summed E-state index contributed by atoms with van der Waals surface area (Å²) in [4.78, 5) is 12.6. The Kier molecular flexibility index (Phi) is 7.51. The van der Waals surface area contributed by atoms with Gasteiger partial charge in [-0.3, -0.25) is 10.1 Å². The molecule has 0 aliphatic rings. The van der Waals surface area contributed by atoms with E-state index in [1.807, 2.05) is 60.7 Å². The van der Waals surface area contributed by atoms with Gasteiger partial charge in [0.2, 0.25) is 5.91 Å². The number of carbonyl (C=O) groups excluding carboxylic acids is 1. The third-order valence-corrected chi connectivity index (χ3v) is 4.69. The molecule has 0 saturated carbocycles. The number of ether oxygens (including phenoxy) is 1. The summed E-state index contributed by atoms with van der Waals surface area (Å²) in [5.41, 5.74) is 2.82. The van der Waals surface area contributed by atoms with Crippen LogP contribution in [0, 0.1) is 0 Å². The van der Waals surface area contributed by atoms with Crippen molar-refractivity contribution in [3.05, 3.63) is 102 Å². The minimum atomic E-state index is -2.87. The maximum Gasteiger partial charge on any atom is 0.387 e. The SMILES string of the molecule is C[C@@H](N[C@@H](c1ccccc1)c1ccc(OC(F)F)cc1)C(=O)NCc1ccccc1. The van der Waals surface area contributed by atoms with Crippen molar-refractivity contribution >= 4 is 5.91 Å². The van der Waals surface area contributed by atoms with Crippen molar-refractivity contribution in [3.8, 4) is 5.75 Å². The largest absolute Gasteiger partial charge is 0.435 e. The Labute approximate surface area is 174 Å². The third kappa shape index (κ3) is 6.12. The van der Waals surface area contributed by atoms with E-state index in [2.05, 4.69) is 15.4 Å². The number of amides is 1. The zero-order chi connectivity index (χ0) is 21.3. The van der Waals surface area contributed by atoms with E-state index in [0.717, 1.165) is 16.7 Å². The van der Waals surface area contributed by atoms with Crippen LogP contribution in [0.2, 0.25) is 0 Å². The fourth-order valence-corrected chi connectivity index (χ4v) is 3.14. The van der Waals surface area contributed by atoms with Crippen molar-refractivity contribution < 1.29 is 18.3 Å². The summed E-state index contributed by atoms with van der Waals surface area (Å²) in [5, 5.41) is 6.28. The Hall–Kier alpha value is -3.25. The molecule has 0 bridgehead atoms. The van der Waals surface area contributed by atoms with Gasteiger partial charge in [0.15, 0.2) is 0 Å². The standard InChI is InChI=1S/C24H24F2N2O2/c1-17(23(29)27-16-18-8-4-2-5-9-18)28-22(19-10-6-3-7-11-19)20-12-14-21(15-13-20)30-24(25)26/h2-15,17,22,24,28H,16H2,1H3,(H,27,29)/t17-,22+/m1/s1. The quantitative estimate of drug-likeness (QED) is 0.539. The molecule has 0 aliphatic heterocycles. The van der Waals surface area contributed by atoms with Gasteiger partial charge in [0.25, 0.3) is 0 Å². The van der Waals surface area contributed by atoms with Crippen molar-refractivity contribution in [2.24, 2.45) is 0 Å². The average molecular weight is 410 g/mol. The van der Waals surface area contributed by atoms with E-state index in [1.54, 1.807) is 19.1 Å². The van der Waals surface area contributed by atoms with Crippen molar-refractivity contribution in [2.75, 3.05) is 0 Å². The number of alkyl halides is 2. The number of nitrogens with one attached hydrogen (secondary N) is 2. The van der Waals surface area contributed by atoms with Crippen LogP contribution in [0.15, 0.2) is 84.9 Å². The first-order valence-corrected chi connectivity index (χ1v) is 9.70. The highest BCUT2D eigenvalue weighted by molar-refractivity contribution is 5.81. The zero-order valence-electron chi connectivity index (χ0n) is 16.6. The van der Waals surface area contributed by atoms with E-state index < -0.39 is 12.7 Å². The molecule has 0 heterocycles. The van der Waals surface area contributed by atoms with Crippen LogP contribution >= 0.6 is 0 Å². The Bertz CT molecular complexity index is 919. The van der Waals surface area contributed by atoms with Gasteiger partial charge in [-0.15, -0.1) is 0 Å². The molecule has 3 rings (SSSR count). The topological polar surface area (TPSA) is 50.4 Å². The molecule has 3 aromatic carbocycles. The molecule has 1 amide bonds. The Morgan fingerprint density at radius 1 is 0.867 bits per heavy atom. The molecule has 3 aromatic rings. The Morgan fingerprint density at radius 3 is 2.03 bits per heavy atom. The molecule has 0 saturated heterocycles. The zero-order valence-corrected chi connectivity index (χ0v) is 16.6. The summed E-state index contributed by atoms with van der Waals surface area (Å²) >= 11 is 0. The lowest BCUT2D eigenvalue weighted by molar-refractivity contribution is -0.123. The lowest BCUT2D eigenvalue weighted by Gasteiger charge is -2.24. The van der Waals surface area contributed by atoms with Crippen molar-refractivity contribution in [3.63, 3.8) is 0 Å². The average Bonchev–Trinajstić information content (AvgIpc) is 2.77.